The van der Waals surface area contributed by atoms with Crippen LogP contribution in [0.1, 0.15) is 29.5 Å². The number of nitriles is 1. The molecule has 0 radical (unpaired) electrons. The third kappa shape index (κ3) is 3.55. The molecule has 0 bridgehead atoms. The van der Waals surface area contributed by atoms with Crippen LogP contribution in [-0.2, 0) is 16.0 Å². The second-order valence-electron chi connectivity index (χ2n) is 5.50. The Labute approximate surface area is 130 Å². The Morgan fingerprint density at radius 3 is 2.71 bits per heavy atom. The SMILES string of the molecule is Cc1ccc(Cl)c(C)c1CC(=O)NC1(C#N)CCOCC1. The molecule has 0 aromatic heterocycles. The van der Waals surface area contributed by atoms with E-state index in [-0.39, 0.29) is 12.3 Å². The number of halogens is 1. The van der Waals surface area contributed by atoms with Crippen LogP contribution in [0.4, 0.5) is 0 Å². The highest BCUT2D eigenvalue weighted by Gasteiger charge is 2.34. The van der Waals surface area contributed by atoms with Crippen LogP contribution < -0.4 is 5.32 Å². The van der Waals surface area contributed by atoms with Gasteiger partial charge in [-0.05, 0) is 36.6 Å². The third-order valence-corrected chi connectivity index (χ3v) is 4.45. The summed E-state index contributed by atoms with van der Waals surface area (Å²) in [5.41, 5.74) is 2.09. The summed E-state index contributed by atoms with van der Waals surface area (Å²) in [6.45, 7) is 4.87. The van der Waals surface area contributed by atoms with Gasteiger partial charge in [0.1, 0.15) is 5.54 Å². The Bertz CT molecular complexity index is 587. The van der Waals surface area contributed by atoms with Gasteiger partial charge in [-0.3, -0.25) is 4.79 Å². The lowest BCUT2D eigenvalue weighted by molar-refractivity contribution is -0.122. The van der Waals surface area contributed by atoms with Gasteiger partial charge in [0.2, 0.25) is 5.91 Å². The summed E-state index contributed by atoms with van der Waals surface area (Å²) in [5, 5.41) is 12.9. The minimum Gasteiger partial charge on any atom is -0.381 e. The highest BCUT2D eigenvalue weighted by atomic mass is 35.5. The summed E-state index contributed by atoms with van der Waals surface area (Å²) in [5.74, 6) is -0.146. The van der Waals surface area contributed by atoms with Crippen molar-refractivity contribution in [1.82, 2.24) is 5.32 Å². The van der Waals surface area contributed by atoms with Crippen LogP contribution >= 0.6 is 11.6 Å². The van der Waals surface area contributed by atoms with Gasteiger partial charge >= 0.3 is 0 Å². The number of hydrogen-bond donors (Lipinski definition) is 1. The molecule has 1 aliphatic heterocycles. The molecule has 1 fully saturated rings. The molecule has 5 heteroatoms. The van der Waals surface area contributed by atoms with E-state index in [0.717, 1.165) is 16.7 Å². The molecule has 21 heavy (non-hydrogen) atoms. The zero-order valence-electron chi connectivity index (χ0n) is 12.3. The van der Waals surface area contributed by atoms with Crippen molar-refractivity contribution in [2.75, 3.05) is 13.2 Å². The lowest BCUT2D eigenvalue weighted by atomic mass is 9.91. The predicted molar refractivity (Wildman–Crippen MR) is 81.2 cm³/mol. The monoisotopic (exact) mass is 306 g/mol. The van der Waals surface area contributed by atoms with E-state index in [1.165, 1.54) is 0 Å². The molecule has 2 rings (SSSR count). The zero-order chi connectivity index (χ0) is 15.5. The fourth-order valence-electron chi connectivity index (χ4n) is 2.59. The maximum atomic E-state index is 12.3. The van der Waals surface area contributed by atoms with Crippen LogP contribution in [0.15, 0.2) is 12.1 Å². The molecule has 0 aliphatic carbocycles. The fraction of sp³-hybridized carbons (Fsp3) is 0.500. The van der Waals surface area contributed by atoms with E-state index in [4.69, 9.17) is 16.3 Å². The quantitative estimate of drug-likeness (QED) is 0.934. The van der Waals surface area contributed by atoms with Gasteiger partial charge in [-0.25, -0.2) is 0 Å². The lowest BCUT2D eigenvalue weighted by Crippen LogP contribution is -2.51. The van der Waals surface area contributed by atoms with Crippen LogP contribution in [0.2, 0.25) is 5.02 Å². The molecule has 1 aromatic carbocycles. The van der Waals surface area contributed by atoms with Crippen molar-refractivity contribution in [2.45, 2.75) is 38.6 Å². The number of aryl methyl sites for hydroxylation is 1. The van der Waals surface area contributed by atoms with Crippen molar-refractivity contribution < 1.29 is 9.53 Å². The number of carbonyl (C=O) groups excluding carboxylic acids is 1. The first kappa shape index (κ1) is 15.8. The standard InChI is InChI=1S/C16H19ClN2O2/c1-11-3-4-14(17)12(2)13(11)9-15(20)19-16(10-18)5-7-21-8-6-16/h3-4H,5-9H2,1-2H3,(H,19,20). The number of amides is 1. The molecular formula is C16H19ClN2O2. The van der Waals surface area contributed by atoms with E-state index in [0.29, 0.717) is 31.1 Å². The van der Waals surface area contributed by atoms with Crippen molar-refractivity contribution in [3.8, 4) is 6.07 Å². The topological polar surface area (TPSA) is 62.1 Å². The van der Waals surface area contributed by atoms with Crippen molar-refractivity contribution in [2.24, 2.45) is 0 Å². The first-order chi connectivity index (χ1) is 9.97. The summed E-state index contributed by atoms with van der Waals surface area (Å²) in [7, 11) is 0. The van der Waals surface area contributed by atoms with Crippen LogP contribution in [0.5, 0.6) is 0 Å². The first-order valence-electron chi connectivity index (χ1n) is 7.02. The highest BCUT2D eigenvalue weighted by molar-refractivity contribution is 6.31. The van der Waals surface area contributed by atoms with Gasteiger partial charge in [0.25, 0.3) is 0 Å². The van der Waals surface area contributed by atoms with Crippen molar-refractivity contribution >= 4 is 17.5 Å². The summed E-state index contributed by atoms with van der Waals surface area (Å²) >= 11 is 6.12. The average molecular weight is 307 g/mol. The lowest BCUT2D eigenvalue weighted by Gasteiger charge is -2.31. The van der Waals surface area contributed by atoms with Gasteiger partial charge in [0, 0.05) is 31.1 Å². The normalized spacial score (nSPS) is 17.0. The van der Waals surface area contributed by atoms with Gasteiger partial charge < -0.3 is 10.1 Å². The van der Waals surface area contributed by atoms with Crippen molar-refractivity contribution in [3.05, 3.63) is 33.8 Å². The fourth-order valence-corrected chi connectivity index (χ4v) is 2.77. The van der Waals surface area contributed by atoms with Gasteiger partial charge in [-0.1, -0.05) is 17.7 Å². The zero-order valence-corrected chi connectivity index (χ0v) is 13.1. The molecule has 0 atom stereocenters. The van der Waals surface area contributed by atoms with Crippen molar-refractivity contribution in [3.63, 3.8) is 0 Å². The second kappa shape index (κ2) is 6.46. The van der Waals surface area contributed by atoms with Crippen LogP contribution in [-0.4, -0.2) is 24.7 Å². The van der Waals surface area contributed by atoms with Gasteiger partial charge in [0.15, 0.2) is 0 Å². The maximum absolute atomic E-state index is 12.3. The first-order valence-corrected chi connectivity index (χ1v) is 7.40. The van der Waals surface area contributed by atoms with Gasteiger partial charge in [-0.15, -0.1) is 0 Å². The van der Waals surface area contributed by atoms with E-state index >= 15 is 0 Å². The molecule has 1 aliphatic rings. The largest absolute Gasteiger partial charge is 0.381 e. The number of nitrogens with one attached hydrogen (secondary N) is 1. The summed E-state index contributed by atoms with van der Waals surface area (Å²) < 4.78 is 5.26. The van der Waals surface area contributed by atoms with E-state index < -0.39 is 5.54 Å². The van der Waals surface area contributed by atoms with Gasteiger partial charge in [0.05, 0.1) is 12.5 Å². The molecular weight excluding hydrogens is 288 g/mol. The Hall–Kier alpha value is -1.57. The molecule has 1 heterocycles. The van der Waals surface area contributed by atoms with E-state index in [2.05, 4.69) is 11.4 Å². The predicted octanol–water partition coefficient (Wildman–Crippen LogP) is 2.69. The van der Waals surface area contributed by atoms with Crippen LogP contribution in [0.3, 0.4) is 0 Å². The van der Waals surface area contributed by atoms with E-state index in [1.54, 1.807) is 0 Å². The average Bonchev–Trinajstić information content (AvgIpc) is 2.48. The molecule has 0 saturated carbocycles. The number of rotatable bonds is 3. The van der Waals surface area contributed by atoms with Crippen LogP contribution in [0.25, 0.3) is 0 Å². The molecule has 4 nitrogen and oxygen atoms in total. The Kier molecular flexibility index (Phi) is 4.87. The molecule has 1 saturated heterocycles. The highest BCUT2D eigenvalue weighted by Crippen LogP contribution is 2.24. The number of nitrogens with zero attached hydrogens (tertiary/aromatic N) is 1. The van der Waals surface area contributed by atoms with E-state index in [9.17, 15) is 10.1 Å². The number of ether oxygens (including phenoxy) is 1. The molecule has 0 spiro atoms. The minimum absolute atomic E-state index is 0.146. The second-order valence-corrected chi connectivity index (χ2v) is 5.91. The minimum atomic E-state index is -0.796. The smallest absolute Gasteiger partial charge is 0.225 e. The molecule has 0 unspecified atom stereocenters. The maximum Gasteiger partial charge on any atom is 0.225 e. The third-order valence-electron chi connectivity index (χ3n) is 4.04. The molecule has 112 valence electrons. The van der Waals surface area contributed by atoms with Crippen molar-refractivity contribution in [1.29, 1.82) is 5.26 Å². The number of benzene rings is 1. The van der Waals surface area contributed by atoms with E-state index in [1.807, 2.05) is 26.0 Å². The molecule has 1 N–H and O–H groups in total. The summed E-state index contributed by atoms with van der Waals surface area (Å²) in [6, 6.07) is 5.98. The number of carbonyl (C=O) groups is 1. The Morgan fingerprint density at radius 2 is 2.10 bits per heavy atom. The van der Waals surface area contributed by atoms with Crippen LogP contribution in [0, 0.1) is 25.2 Å². The molecule has 1 amide bonds. The Morgan fingerprint density at radius 1 is 1.43 bits per heavy atom. The Balaban J connectivity index is 2.12. The molecule has 1 aromatic rings. The number of hydrogen-bond acceptors (Lipinski definition) is 3. The van der Waals surface area contributed by atoms with Gasteiger partial charge in [-0.2, -0.15) is 5.26 Å². The summed E-state index contributed by atoms with van der Waals surface area (Å²) in [6.07, 6.45) is 1.30. The summed E-state index contributed by atoms with van der Waals surface area (Å²) in [4.78, 5) is 12.3.